The van der Waals surface area contributed by atoms with Crippen LogP contribution >= 0.6 is 0 Å². The number of nitrogens with zero attached hydrogens (tertiary/aromatic N) is 4. The van der Waals surface area contributed by atoms with E-state index in [1.165, 1.54) is 0 Å². The van der Waals surface area contributed by atoms with E-state index in [1.54, 1.807) is 37.8 Å². The fourth-order valence-corrected chi connectivity index (χ4v) is 2.71. The van der Waals surface area contributed by atoms with Crippen molar-refractivity contribution in [2.24, 2.45) is 5.92 Å². The standard InChI is InChI=1S/C15H18N4O2/c1-21-11-12-8-18-7-6-17-14(18)10-19(9-12)15(20)13-2-4-16-5-3-13/h2-7,12H,8-11H2,1H3/t12-/m0/s1. The summed E-state index contributed by atoms with van der Waals surface area (Å²) in [6.45, 7) is 2.63. The summed E-state index contributed by atoms with van der Waals surface area (Å²) in [6, 6.07) is 3.48. The summed E-state index contributed by atoms with van der Waals surface area (Å²) in [4.78, 5) is 22.8. The Bertz CT molecular complexity index is 611. The molecule has 6 nitrogen and oxygen atoms in total. The highest BCUT2D eigenvalue weighted by Gasteiger charge is 2.26. The second-order valence-electron chi connectivity index (χ2n) is 5.24. The van der Waals surface area contributed by atoms with Crippen LogP contribution in [0.1, 0.15) is 16.2 Å². The first-order valence-corrected chi connectivity index (χ1v) is 6.96. The molecule has 0 aromatic carbocycles. The molecular formula is C15H18N4O2. The lowest BCUT2D eigenvalue weighted by atomic mass is 10.1. The zero-order valence-corrected chi connectivity index (χ0v) is 12.0. The van der Waals surface area contributed by atoms with E-state index < -0.39 is 0 Å². The molecule has 0 saturated carbocycles. The first-order valence-electron chi connectivity index (χ1n) is 6.96. The third-order valence-corrected chi connectivity index (χ3v) is 3.68. The Hall–Kier alpha value is -2.21. The van der Waals surface area contributed by atoms with Gasteiger partial charge in [-0.2, -0.15) is 0 Å². The monoisotopic (exact) mass is 286 g/mol. The minimum Gasteiger partial charge on any atom is -0.384 e. The van der Waals surface area contributed by atoms with Gasteiger partial charge in [-0.1, -0.05) is 0 Å². The molecule has 0 radical (unpaired) electrons. The highest BCUT2D eigenvalue weighted by atomic mass is 16.5. The first kappa shape index (κ1) is 13.8. The second kappa shape index (κ2) is 6.05. The second-order valence-corrected chi connectivity index (χ2v) is 5.24. The van der Waals surface area contributed by atoms with E-state index in [2.05, 4.69) is 14.5 Å². The summed E-state index contributed by atoms with van der Waals surface area (Å²) in [5.74, 6) is 1.18. The van der Waals surface area contributed by atoms with Gasteiger partial charge in [0.05, 0.1) is 13.2 Å². The third kappa shape index (κ3) is 2.95. The highest BCUT2D eigenvalue weighted by Crippen LogP contribution is 2.18. The molecule has 0 unspecified atom stereocenters. The number of pyridine rings is 1. The average Bonchev–Trinajstić information content (AvgIpc) is 2.86. The van der Waals surface area contributed by atoms with E-state index in [0.29, 0.717) is 25.3 Å². The molecule has 0 saturated heterocycles. The molecule has 0 N–H and O–H groups in total. The molecule has 0 spiro atoms. The van der Waals surface area contributed by atoms with Crippen LogP contribution < -0.4 is 0 Å². The Balaban J connectivity index is 1.86. The van der Waals surface area contributed by atoms with Crippen molar-refractivity contribution in [3.8, 4) is 0 Å². The summed E-state index contributed by atoms with van der Waals surface area (Å²) in [5, 5.41) is 0. The fraction of sp³-hybridized carbons (Fsp3) is 0.400. The van der Waals surface area contributed by atoms with Crippen molar-refractivity contribution in [1.82, 2.24) is 19.4 Å². The van der Waals surface area contributed by atoms with Gasteiger partial charge in [-0.05, 0) is 12.1 Å². The third-order valence-electron chi connectivity index (χ3n) is 3.68. The smallest absolute Gasteiger partial charge is 0.254 e. The van der Waals surface area contributed by atoms with Gasteiger partial charge in [-0.15, -0.1) is 0 Å². The van der Waals surface area contributed by atoms with Gasteiger partial charge in [0, 0.05) is 56.5 Å². The van der Waals surface area contributed by atoms with Gasteiger partial charge in [0.2, 0.25) is 0 Å². The van der Waals surface area contributed by atoms with E-state index in [0.717, 1.165) is 12.4 Å². The molecule has 110 valence electrons. The zero-order valence-electron chi connectivity index (χ0n) is 12.0. The number of hydrogen-bond acceptors (Lipinski definition) is 4. The van der Waals surface area contributed by atoms with Gasteiger partial charge in [0.15, 0.2) is 0 Å². The molecule has 0 aliphatic carbocycles. The van der Waals surface area contributed by atoms with E-state index >= 15 is 0 Å². The Labute approximate surface area is 123 Å². The van der Waals surface area contributed by atoms with Crippen molar-refractivity contribution in [3.05, 3.63) is 48.3 Å². The Kier molecular flexibility index (Phi) is 3.96. The fourth-order valence-electron chi connectivity index (χ4n) is 2.71. The van der Waals surface area contributed by atoms with Crippen molar-refractivity contribution in [3.63, 3.8) is 0 Å². The highest BCUT2D eigenvalue weighted by molar-refractivity contribution is 5.94. The first-order chi connectivity index (χ1) is 10.3. The minimum absolute atomic E-state index is 0.00922. The van der Waals surface area contributed by atoms with Gasteiger partial charge in [0.1, 0.15) is 5.82 Å². The number of amides is 1. The van der Waals surface area contributed by atoms with Crippen LogP contribution in [0.25, 0.3) is 0 Å². The SMILES string of the molecule is COC[C@@H]1CN(C(=O)c2ccncc2)Cc2nccn2C1. The summed E-state index contributed by atoms with van der Waals surface area (Å²) in [7, 11) is 1.69. The van der Waals surface area contributed by atoms with Crippen LogP contribution in [-0.2, 0) is 17.8 Å². The molecule has 21 heavy (non-hydrogen) atoms. The maximum Gasteiger partial charge on any atom is 0.254 e. The lowest BCUT2D eigenvalue weighted by molar-refractivity contribution is 0.0666. The van der Waals surface area contributed by atoms with Crippen molar-refractivity contribution < 1.29 is 9.53 Å². The summed E-state index contributed by atoms with van der Waals surface area (Å²) >= 11 is 0. The largest absolute Gasteiger partial charge is 0.384 e. The maximum absolute atomic E-state index is 12.7. The molecule has 2 aromatic rings. The van der Waals surface area contributed by atoms with Gasteiger partial charge in [-0.3, -0.25) is 9.78 Å². The predicted octanol–water partition coefficient (Wildman–Crippen LogP) is 1.20. The van der Waals surface area contributed by atoms with Crippen molar-refractivity contribution in [2.75, 3.05) is 20.3 Å². The van der Waals surface area contributed by atoms with Crippen LogP contribution in [0.5, 0.6) is 0 Å². The summed E-state index contributed by atoms with van der Waals surface area (Å²) in [6.07, 6.45) is 7.01. The van der Waals surface area contributed by atoms with Crippen LogP contribution in [-0.4, -0.2) is 45.6 Å². The molecule has 1 aliphatic heterocycles. The number of ether oxygens (including phenoxy) is 1. The average molecular weight is 286 g/mol. The number of rotatable bonds is 3. The van der Waals surface area contributed by atoms with Gasteiger partial charge in [-0.25, -0.2) is 4.98 Å². The van der Waals surface area contributed by atoms with E-state index in [1.807, 2.05) is 11.1 Å². The lowest BCUT2D eigenvalue weighted by Crippen LogP contribution is -2.35. The predicted molar refractivity (Wildman–Crippen MR) is 76.6 cm³/mol. The van der Waals surface area contributed by atoms with Crippen LogP contribution in [0.15, 0.2) is 36.9 Å². The Morgan fingerprint density at radius 1 is 1.33 bits per heavy atom. The number of fused-ring (bicyclic) bond motifs is 1. The van der Waals surface area contributed by atoms with Crippen LogP contribution in [0.3, 0.4) is 0 Å². The maximum atomic E-state index is 12.7. The van der Waals surface area contributed by atoms with Crippen LogP contribution in [0.2, 0.25) is 0 Å². The molecule has 0 bridgehead atoms. The van der Waals surface area contributed by atoms with Crippen molar-refractivity contribution in [2.45, 2.75) is 13.1 Å². The number of hydrogen-bond donors (Lipinski definition) is 0. The van der Waals surface area contributed by atoms with Crippen molar-refractivity contribution >= 4 is 5.91 Å². The molecule has 1 amide bonds. The molecule has 0 fully saturated rings. The summed E-state index contributed by atoms with van der Waals surface area (Å²) < 4.78 is 7.38. The normalized spacial score (nSPS) is 18.1. The molecule has 3 heterocycles. The topological polar surface area (TPSA) is 60.2 Å². The van der Waals surface area contributed by atoms with Gasteiger partial charge < -0.3 is 14.2 Å². The van der Waals surface area contributed by atoms with Crippen molar-refractivity contribution in [1.29, 1.82) is 0 Å². The van der Waals surface area contributed by atoms with Gasteiger partial charge in [0.25, 0.3) is 5.91 Å². The number of carbonyl (C=O) groups is 1. The number of methoxy groups -OCH3 is 1. The minimum atomic E-state index is 0.00922. The van der Waals surface area contributed by atoms with E-state index in [9.17, 15) is 4.79 Å². The molecule has 1 atom stereocenters. The molecule has 1 aliphatic rings. The zero-order chi connectivity index (χ0) is 14.7. The van der Waals surface area contributed by atoms with Crippen LogP contribution in [0.4, 0.5) is 0 Å². The number of carbonyl (C=O) groups excluding carboxylic acids is 1. The van der Waals surface area contributed by atoms with Gasteiger partial charge >= 0.3 is 0 Å². The molecule has 2 aromatic heterocycles. The molecular weight excluding hydrogens is 268 g/mol. The molecule has 6 heteroatoms. The van der Waals surface area contributed by atoms with E-state index in [4.69, 9.17) is 4.74 Å². The molecule has 3 rings (SSSR count). The lowest BCUT2D eigenvalue weighted by Gasteiger charge is -2.23. The Morgan fingerprint density at radius 2 is 2.14 bits per heavy atom. The van der Waals surface area contributed by atoms with E-state index in [-0.39, 0.29) is 11.8 Å². The number of imidazole rings is 1. The summed E-state index contributed by atoms with van der Waals surface area (Å²) in [5.41, 5.74) is 0.654. The Morgan fingerprint density at radius 3 is 2.90 bits per heavy atom. The number of aromatic nitrogens is 3. The quantitative estimate of drug-likeness (QED) is 0.850. The van der Waals surface area contributed by atoms with Crippen LogP contribution in [0, 0.1) is 5.92 Å².